The van der Waals surface area contributed by atoms with Crippen molar-refractivity contribution >= 4 is 29.0 Å². The standard InChI is InChI=1S/C22H19N7O2/c1-29-20(26-27-28-29)16-6-5-9-19(14-16)23-21(30)15-10-12-18(13-11-15)25-22(31)24-17-7-3-2-4-8-17/h2-14H,1H3,(H,23,30)(H2,24,25,31). The summed E-state index contributed by atoms with van der Waals surface area (Å²) >= 11 is 0. The number of nitrogens with zero attached hydrogens (tertiary/aromatic N) is 4. The van der Waals surface area contributed by atoms with Crippen molar-refractivity contribution < 1.29 is 9.59 Å². The number of carbonyl (C=O) groups is 2. The Morgan fingerprint density at radius 1 is 0.774 bits per heavy atom. The van der Waals surface area contributed by atoms with Crippen LogP contribution in [0.2, 0.25) is 0 Å². The maximum atomic E-state index is 12.6. The lowest BCUT2D eigenvalue weighted by Gasteiger charge is -2.09. The van der Waals surface area contributed by atoms with Gasteiger partial charge in [-0.1, -0.05) is 30.3 Å². The highest BCUT2D eigenvalue weighted by molar-refractivity contribution is 6.05. The molecular weight excluding hydrogens is 394 g/mol. The van der Waals surface area contributed by atoms with Gasteiger partial charge in [0, 0.05) is 35.2 Å². The first-order chi connectivity index (χ1) is 15.1. The van der Waals surface area contributed by atoms with Crippen molar-refractivity contribution in [1.29, 1.82) is 0 Å². The molecule has 3 N–H and O–H groups in total. The van der Waals surface area contributed by atoms with E-state index in [1.165, 1.54) is 0 Å². The van der Waals surface area contributed by atoms with Crippen LogP contribution < -0.4 is 16.0 Å². The number of hydrogen-bond acceptors (Lipinski definition) is 5. The number of aryl methyl sites for hydroxylation is 1. The molecule has 1 aromatic heterocycles. The van der Waals surface area contributed by atoms with Gasteiger partial charge >= 0.3 is 6.03 Å². The van der Waals surface area contributed by atoms with Gasteiger partial charge in [0.15, 0.2) is 5.82 Å². The molecule has 0 aliphatic carbocycles. The molecular formula is C22H19N7O2. The number of para-hydroxylation sites is 1. The fourth-order valence-electron chi connectivity index (χ4n) is 2.93. The van der Waals surface area contributed by atoms with Gasteiger partial charge in [-0.3, -0.25) is 4.79 Å². The Morgan fingerprint density at radius 3 is 2.13 bits per heavy atom. The molecule has 0 atom stereocenters. The molecule has 0 saturated heterocycles. The second-order valence-corrected chi connectivity index (χ2v) is 6.68. The van der Waals surface area contributed by atoms with Gasteiger partial charge in [-0.05, 0) is 59.0 Å². The number of benzene rings is 3. The molecule has 0 radical (unpaired) electrons. The van der Waals surface area contributed by atoms with Gasteiger partial charge in [0.1, 0.15) is 0 Å². The molecule has 9 heteroatoms. The summed E-state index contributed by atoms with van der Waals surface area (Å²) in [5.74, 6) is 0.328. The summed E-state index contributed by atoms with van der Waals surface area (Å²) in [6, 6.07) is 22.7. The van der Waals surface area contributed by atoms with Crippen LogP contribution >= 0.6 is 0 Å². The first-order valence-corrected chi connectivity index (χ1v) is 9.46. The number of urea groups is 1. The van der Waals surface area contributed by atoms with Crippen molar-refractivity contribution in [2.75, 3.05) is 16.0 Å². The number of tetrazole rings is 1. The van der Waals surface area contributed by atoms with Crippen molar-refractivity contribution in [3.05, 3.63) is 84.4 Å². The van der Waals surface area contributed by atoms with Crippen LogP contribution in [0, 0.1) is 0 Å². The van der Waals surface area contributed by atoms with Gasteiger partial charge in [-0.2, -0.15) is 0 Å². The summed E-state index contributed by atoms with van der Waals surface area (Å²) in [5, 5.41) is 19.7. The Kier molecular flexibility index (Phi) is 5.66. The molecule has 0 bridgehead atoms. The number of nitrogens with one attached hydrogen (secondary N) is 3. The molecule has 4 aromatic rings. The molecule has 3 aromatic carbocycles. The van der Waals surface area contributed by atoms with E-state index < -0.39 is 0 Å². The molecule has 31 heavy (non-hydrogen) atoms. The Labute approximate surface area is 178 Å². The minimum absolute atomic E-state index is 0.270. The molecule has 0 aliphatic heterocycles. The Morgan fingerprint density at radius 2 is 1.45 bits per heavy atom. The summed E-state index contributed by atoms with van der Waals surface area (Å²) in [7, 11) is 1.75. The van der Waals surface area contributed by atoms with Crippen LogP contribution in [-0.2, 0) is 7.05 Å². The van der Waals surface area contributed by atoms with E-state index >= 15 is 0 Å². The molecule has 154 valence electrons. The Hall–Kier alpha value is -4.53. The third kappa shape index (κ3) is 4.91. The van der Waals surface area contributed by atoms with Gasteiger partial charge in [0.2, 0.25) is 0 Å². The zero-order valence-corrected chi connectivity index (χ0v) is 16.6. The van der Waals surface area contributed by atoms with Crippen molar-refractivity contribution in [3.63, 3.8) is 0 Å². The van der Waals surface area contributed by atoms with E-state index in [0.717, 1.165) is 5.56 Å². The van der Waals surface area contributed by atoms with Gasteiger partial charge in [-0.15, -0.1) is 5.10 Å². The molecule has 0 aliphatic rings. The third-order valence-electron chi connectivity index (χ3n) is 4.44. The van der Waals surface area contributed by atoms with E-state index in [9.17, 15) is 9.59 Å². The van der Waals surface area contributed by atoms with Crippen molar-refractivity contribution in [3.8, 4) is 11.4 Å². The highest BCUT2D eigenvalue weighted by Crippen LogP contribution is 2.20. The first kappa shape index (κ1) is 19.8. The zero-order chi connectivity index (χ0) is 21.6. The quantitative estimate of drug-likeness (QED) is 0.461. The van der Waals surface area contributed by atoms with Crippen molar-refractivity contribution in [1.82, 2.24) is 20.2 Å². The number of rotatable bonds is 5. The van der Waals surface area contributed by atoms with Crippen LogP contribution in [0.5, 0.6) is 0 Å². The fourth-order valence-corrected chi connectivity index (χ4v) is 2.93. The molecule has 0 unspecified atom stereocenters. The highest BCUT2D eigenvalue weighted by Gasteiger charge is 2.10. The minimum Gasteiger partial charge on any atom is -0.322 e. The normalized spacial score (nSPS) is 10.4. The number of carbonyl (C=O) groups excluding carboxylic acids is 2. The van der Waals surface area contributed by atoms with Crippen LogP contribution in [0.4, 0.5) is 21.9 Å². The topological polar surface area (TPSA) is 114 Å². The van der Waals surface area contributed by atoms with E-state index in [-0.39, 0.29) is 11.9 Å². The second kappa shape index (κ2) is 8.87. The molecule has 0 fully saturated rings. The summed E-state index contributed by atoms with van der Waals surface area (Å²) in [6.07, 6.45) is 0. The van der Waals surface area contributed by atoms with Gasteiger partial charge in [0.05, 0.1) is 0 Å². The Bertz CT molecular complexity index is 1200. The maximum Gasteiger partial charge on any atom is 0.323 e. The predicted molar refractivity (Wildman–Crippen MR) is 118 cm³/mol. The summed E-state index contributed by atoms with van der Waals surface area (Å²) in [6.45, 7) is 0. The fraction of sp³-hybridized carbons (Fsp3) is 0.0455. The van der Waals surface area contributed by atoms with Gasteiger partial charge in [0.25, 0.3) is 5.91 Å². The maximum absolute atomic E-state index is 12.6. The van der Waals surface area contributed by atoms with Crippen LogP contribution in [0.1, 0.15) is 10.4 Å². The molecule has 0 spiro atoms. The number of anilines is 3. The Balaban J connectivity index is 1.38. The average molecular weight is 413 g/mol. The minimum atomic E-state index is -0.363. The van der Waals surface area contributed by atoms with Gasteiger partial charge in [-0.25, -0.2) is 9.48 Å². The van der Waals surface area contributed by atoms with E-state index in [1.807, 2.05) is 30.3 Å². The second-order valence-electron chi connectivity index (χ2n) is 6.68. The third-order valence-corrected chi connectivity index (χ3v) is 4.44. The molecule has 9 nitrogen and oxygen atoms in total. The number of amides is 3. The average Bonchev–Trinajstić information content (AvgIpc) is 3.21. The first-order valence-electron chi connectivity index (χ1n) is 9.46. The highest BCUT2D eigenvalue weighted by atomic mass is 16.2. The van der Waals surface area contributed by atoms with E-state index in [1.54, 1.807) is 60.3 Å². The molecule has 3 amide bonds. The molecule has 1 heterocycles. The zero-order valence-electron chi connectivity index (χ0n) is 16.6. The summed E-state index contributed by atoms with van der Waals surface area (Å²) in [4.78, 5) is 24.7. The summed E-state index contributed by atoms with van der Waals surface area (Å²) in [5.41, 5.74) is 3.13. The van der Waals surface area contributed by atoms with Crippen LogP contribution in [-0.4, -0.2) is 32.1 Å². The van der Waals surface area contributed by atoms with Crippen LogP contribution in [0.3, 0.4) is 0 Å². The van der Waals surface area contributed by atoms with Crippen molar-refractivity contribution in [2.45, 2.75) is 0 Å². The lowest BCUT2D eigenvalue weighted by atomic mass is 10.1. The van der Waals surface area contributed by atoms with Gasteiger partial charge < -0.3 is 16.0 Å². The van der Waals surface area contributed by atoms with E-state index in [2.05, 4.69) is 31.5 Å². The van der Waals surface area contributed by atoms with E-state index in [0.29, 0.717) is 28.5 Å². The largest absolute Gasteiger partial charge is 0.323 e. The van der Waals surface area contributed by atoms with Crippen molar-refractivity contribution in [2.24, 2.45) is 7.05 Å². The molecule has 0 saturated carbocycles. The lowest BCUT2D eigenvalue weighted by molar-refractivity contribution is 0.102. The number of hydrogen-bond donors (Lipinski definition) is 3. The molecule has 4 rings (SSSR count). The summed E-state index contributed by atoms with van der Waals surface area (Å²) < 4.78 is 1.56. The smallest absolute Gasteiger partial charge is 0.322 e. The van der Waals surface area contributed by atoms with E-state index in [4.69, 9.17) is 0 Å². The number of aromatic nitrogens is 4. The SMILES string of the molecule is Cn1nnnc1-c1cccc(NC(=O)c2ccc(NC(=O)Nc3ccccc3)cc2)c1. The lowest BCUT2D eigenvalue weighted by Crippen LogP contribution is -2.19. The van der Waals surface area contributed by atoms with Crippen LogP contribution in [0.15, 0.2) is 78.9 Å². The monoisotopic (exact) mass is 413 g/mol. The van der Waals surface area contributed by atoms with Crippen LogP contribution in [0.25, 0.3) is 11.4 Å². The predicted octanol–water partition coefficient (Wildman–Crippen LogP) is 3.77.